The summed E-state index contributed by atoms with van der Waals surface area (Å²) in [4.78, 5) is 6.35. The SMILES string of the molecule is CC1CN(c2ccc(C#N)nc2)CC(C)(C)O1. The van der Waals surface area contributed by atoms with E-state index in [4.69, 9.17) is 10.00 Å². The minimum atomic E-state index is -0.147. The van der Waals surface area contributed by atoms with Gasteiger partial charge in [-0.15, -0.1) is 0 Å². The van der Waals surface area contributed by atoms with Crippen molar-refractivity contribution in [2.45, 2.75) is 32.5 Å². The zero-order valence-corrected chi connectivity index (χ0v) is 10.5. The van der Waals surface area contributed by atoms with Crippen molar-refractivity contribution >= 4 is 5.69 Å². The summed E-state index contributed by atoms with van der Waals surface area (Å²) in [6.45, 7) is 7.95. The topological polar surface area (TPSA) is 49.2 Å². The Balaban J connectivity index is 2.18. The van der Waals surface area contributed by atoms with Gasteiger partial charge >= 0.3 is 0 Å². The van der Waals surface area contributed by atoms with E-state index in [1.54, 1.807) is 12.3 Å². The Kier molecular flexibility index (Phi) is 3.03. The molecule has 4 heteroatoms. The number of nitrogens with zero attached hydrogens (tertiary/aromatic N) is 3. The van der Waals surface area contributed by atoms with Gasteiger partial charge in [-0.3, -0.25) is 0 Å². The third kappa shape index (κ3) is 2.75. The maximum Gasteiger partial charge on any atom is 0.140 e. The van der Waals surface area contributed by atoms with E-state index in [2.05, 4.69) is 30.7 Å². The lowest BCUT2D eigenvalue weighted by atomic mass is 10.1. The second-order valence-corrected chi connectivity index (χ2v) is 5.08. The molecule has 2 rings (SSSR count). The van der Waals surface area contributed by atoms with Crippen molar-refractivity contribution < 1.29 is 4.74 Å². The molecule has 1 aromatic rings. The highest BCUT2D eigenvalue weighted by Gasteiger charge is 2.31. The van der Waals surface area contributed by atoms with Gasteiger partial charge in [0.05, 0.1) is 23.6 Å². The Bertz CT molecular complexity index is 433. The van der Waals surface area contributed by atoms with Gasteiger partial charge in [-0.1, -0.05) is 0 Å². The lowest BCUT2D eigenvalue weighted by Gasteiger charge is -2.42. The van der Waals surface area contributed by atoms with Gasteiger partial charge in [0.25, 0.3) is 0 Å². The first-order valence-electron chi connectivity index (χ1n) is 5.79. The van der Waals surface area contributed by atoms with Gasteiger partial charge in [0.1, 0.15) is 11.8 Å². The quantitative estimate of drug-likeness (QED) is 0.741. The Hall–Kier alpha value is -1.60. The van der Waals surface area contributed by atoms with Crippen LogP contribution in [0.15, 0.2) is 18.3 Å². The molecule has 0 bridgehead atoms. The third-order valence-electron chi connectivity index (χ3n) is 2.80. The maximum absolute atomic E-state index is 8.72. The normalized spacial score (nSPS) is 23.2. The fourth-order valence-corrected chi connectivity index (χ4v) is 2.29. The Labute approximate surface area is 102 Å². The van der Waals surface area contributed by atoms with Gasteiger partial charge in [0, 0.05) is 13.1 Å². The largest absolute Gasteiger partial charge is 0.369 e. The van der Waals surface area contributed by atoms with Crippen molar-refractivity contribution in [3.63, 3.8) is 0 Å². The molecule has 1 unspecified atom stereocenters. The highest BCUT2D eigenvalue weighted by Crippen LogP contribution is 2.25. The monoisotopic (exact) mass is 231 g/mol. The highest BCUT2D eigenvalue weighted by atomic mass is 16.5. The van der Waals surface area contributed by atoms with Crippen LogP contribution in [0, 0.1) is 11.3 Å². The van der Waals surface area contributed by atoms with Crippen molar-refractivity contribution in [3.8, 4) is 6.07 Å². The number of pyridine rings is 1. The zero-order chi connectivity index (χ0) is 12.5. The Morgan fingerprint density at radius 3 is 2.82 bits per heavy atom. The van der Waals surface area contributed by atoms with E-state index in [9.17, 15) is 0 Å². The fourth-order valence-electron chi connectivity index (χ4n) is 2.29. The average molecular weight is 231 g/mol. The molecule has 0 saturated carbocycles. The van der Waals surface area contributed by atoms with Crippen LogP contribution in [0.3, 0.4) is 0 Å². The van der Waals surface area contributed by atoms with Crippen LogP contribution in [0.1, 0.15) is 26.5 Å². The highest BCUT2D eigenvalue weighted by molar-refractivity contribution is 5.46. The predicted octanol–water partition coefficient (Wildman–Crippen LogP) is 1.96. The first-order chi connectivity index (χ1) is 8.00. The molecule has 1 atom stereocenters. The van der Waals surface area contributed by atoms with Crippen molar-refractivity contribution in [1.29, 1.82) is 5.26 Å². The predicted molar refractivity (Wildman–Crippen MR) is 65.8 cm³/mol. The van der Waals surface area contributed by atoms with Crippen LogP contribution in [0.25, 0.3) is 0 Å². The van der Waals surface area contributed by atoms with Gasteiger partial charge in [-0.05, 0) is 32.9 Å². The second-order valence-electron chi connectivity index (χ2n) is 5.08. The zero-order valence-electron chi connectivity index (χ0n) is 10.5. The van der Waals surface area contributed by atoms with Crippen molar-refractivity contribution in [3.05, 3.63) is 24.0 Å². The van der Waals surface area contributed by atoms with Gasteiger partial charge in [-0.25, -0.2) is 4.98 Å². The number of nitriles is 1. The number of ether oxygens (including phenoxy) is 1. The molecule has 1 aliphatic heterocycles. The van der Waals surface area contributed by atoms with Gasteiger partial charge in [-0.2, -0.15) is 5.26 Å². The lowest BCUT2D eigenvalue weighted by Crippen LogP contribution is -2.52. The van der Waals surface area contributed by atoms with Gasteiger partial charge in [0.15, 0.2) is 0 Å². The van der Waals surface area contributed by atoms with Crippen LogP contribution in [0.4, 0.5) is 5.69 Å². The Morgan fingerprint density at radius 2 is 2.29 bits per heavy atom. The summed E-state index contributed by atoms with van der Waals surface area (Å²) in [6.07, 6.45) is 1.96. The first-order valence-corrected chi connectivity index (χ1v) is 5.79. The maximum atomic E-state index is 8.72. The molecule has 1 aromatic heterocycles. The standard InChI is InChI=1S/C13H17N3O/c1-10-8-16(9-13(2,3)17-10)12-5-4-11(6-14)15-7-12/h4-5,7,10H,8-9H2,1-3H3. The average Bonchev–Trinajstić information content (AvgIpc) is 2.26. The van der Waals surface area contributed by atoms with Gasteiger partial charge in [0.2, 0.25) is 0 Å². The molecule has 0 spiro atoms. The number of hydrogen-bond donors (Lipinski definition) is 0. The summed E-state index contributed by atoms with van der Waals surface area (Å²) in [6, 6.07) is 5.72. The van der Waals surface area contributed by atoms with E-state index < -0.39 is 0 Å². The second kappa shape index (κ2) is 4.34. The number of rotatable bonds is 1. The molecule has 17 heavy (non-hydrogen) atoms. The minimum Gasteiger partial charge on any atom is -0.369 e. The van der Waals surface area contributed by atoms with Crippen molar-refractivity contribution in [2.75, 3.05) is 18.0 Å². The summed E-state index contributed by atoms with van der Waals surface area (Å²) >= 11 is 0. The summed E-state index contributed by atoms with van der Waals surface area (Å²) in [5, 5.41) is 8.72. The summed E-state index contributed by atoms with van der Waals surface area (Å²) < 4.78 is 5.86. The van der Waals surface area contributed by atoms with Crippen LogP contribution >= 0.6 is 0 Å². The molecule has 1 saturated heterocycles. The third-order valence-corrected chi connectivity index (χ3v) is 2.80. The molecule has 1 aliphatic rings. The van der Waals surface area contributed by atoms with Crippen LogP contribution in [-0.2, 0) is 4.74 Å². The van der Waals surface area contributed by atoms with Crippen LogP contribution in [-0.4, -0.2) is 29.8 Å². The summed E-state index contributed by atoms with van der Waals surface area (Å²) in [5.74, 6) is 0. The van der Waals surface area contributed by atoms with E-state index in [-0.39, 0.29) is 11.7 Å². The smallest absolute Gasteiger partial charge is 0.140 e. The fraction of sp³-hybridized carbons (Fsp3) is 0.538. The van der Waals surface area contributed by atoms with E-state index in [1.165, 1.54) is 0 Å². The molecule has 0 N–H and O–H groups in total. The summed E-state index contributed by atoms with van der Waals surface area (Å²) in [7, 11) is 0. The summed E-state index contributed by atoms with van der Waals surface area (Å²) in [5.41, 5.74) is 1.35. The van der Waals surface area contributed by atoms with Crippen molar-refractivity contribution in [1.82, 2.24) is 4.98 Å². The molecule has 0 radical (unpaired) electrons. The van der Waals surface area contributed by atoms with Crippen LogP contribution in [0.2, 0.25) is 0 Å². The van der Waals surface area contributed by atoms with E-state index in [0.29, 0.717) is 5.69 Å². The van der Waals surface area contributed by atoms with Crippen molar-refractivity contribution in [2.24, 2.45) is 0 Å². The number of aromatic nitrogens is 1. The lowest BCUT2D eigenvalue weighted by molar-refractivity contribution is -0.0749. The van der Waals surface area contributed by atoms with Crippen LogP contribution < -0.4 is 4.90 Å². The van der Waals surface area contributed by atoms with E-state index in [0.717, 1.165) is 18.8 Å². The van der Waals surface area contributed by atoms with Crippen LogP contribution in [0.5, 0.6) is 0 Å². The molecule has 2 heterocycles. The molecule has 90 valence electrons. The first kappa shape index (κ1) is 11.9. The van der Waals surface area contributed by atoms with Gasteiger partial charge < -0.3 is 9.64 Å². The molecule has 0 aromatic carbocycles. The molecule has 1 fully saturated rings. The molecule has 0 aliphatic carbocycles. The molecule has 0 amide bonds. The minimum absolute atomic E-state index is 0.147. The number of hydrogen-bond acceptors (Lipinski definition) is 4. The molecular formula is C13H17N3O. The van der Waals surface area contributed by atoms with E-state index >= 15 is 0 Å². The molecule has 4 nitrogen and oxygen atoms in total. The van der Waals surface area contributed by atoms with E-state index in [1.807, 2.05) is 12.1 Å². The number of morpholine rings is 1. The Morgan fingerprint density at radius 1 is 1.53 bits per heavy atom. The molecular weight excluding hydrogens is 214 g/mol. The number of anilines is 1.